The number of carbonyl (C=O) groups excluding carboxylic acids is 2. The number of aryl methyl sites for hydroxylation is 1. The summed E-state index contributed by atoms with van der Waals surface area (Å²) in [7, 11) is -1.93. The Morgan fingerprint density at radius 1 is 1.00 bits per heavy atom. The summed E-state index contributed by atoms with van der Waals surface area (Å²) in [6, 6.07) is 13.3. The number of rotatable bonds is 13. The van der Waals surface area contributed by atoms with Crippen LogP contribution in [-0.4, -0.2) is 51.4 Å². The van der Waals surface area contributed by atoms with E-state index in [1.165, 1.54) is 12.1 Å². The Kier molecular flexibility index (Phi) is 10.5. The maximum atomic E-state index is 13.2. The van der Waals surface area contributed by atoms with Gasteiger partial charge in [0.1, 0.15) is 11.8 Å². The molecule has 2 amide bonds. The van der Waals surface area contributed by atoms with E-state index in [1.54, 1.807) is 38.0 Å². The molecule has 9 heteroatoms. The first-order chi connectivity index (χ1) is 16.2. The van der Waals surface area contributed by atoms with Gasteiger partial charge in [-0.1, -0.05) is 38.1 Å². The minimum absolute atomic E-state index is 0.153. The van der Waals surface area contributed by atoms with Crippen LogP contribution in [-0.2, 0) is 32.6 Å². The standard InChI is InChI=1S/C25H35N3O5S/c1-5-17-26-25(30)19(3)28(18-21-7-12-22(33-4)13-8-21)24(29)16-11-20-9-14-23(15-10-20)34(31,32)27-6-2/h7-10,12-15,19,27H,5-6,11,16-18H2,1-4H3,(H,26,30). The van der Waals surface area contributed by atoms with Crippen LogP contribution < -0.4 is 14.8 Å². The Hall–Kier alpha value is -2.91. The van der Waals surface area contributed by atoms with E-state index in [0.717, 1.165) is 23.3 Å². The molecule has 0 aliphatic carbocycles. The Morgan fingerprint density at radius 2 is 1.62 bits per heavy atom. The SMILES string of the molecule is CCCNC(=O)C(C)N(Cc1ccc(OC)cc1)C(=O)CCc1ccc(S(=O)(=O)NCC)cc1. The minimum atomic E-state index is -3.52. The van der Waals surface area contributed by atoms with Crippen LogP contribution in [0.3, 0.4) is 0 Å². The molecule has 0 aliphatic rings. The van der Waals surface area contributed by atoms with E-state index in [9.17, 15) is 18.0 Å². The summed E-state index contributed by atoms with van der Waals surface area (Å²) < 4.78 is 31.9. The Bertz CT molecular complexity index is 1040. The lowest BCUT2D eigenvalue weighted by atomic mass is 10.1. The summed E-state index contributed by atoms with van der Waals surface area (Å²) in [4.78, 5) is 27.6. The molecule has 1 atom stereocenters. The van der Waals surface area contributed by atoms with E-state index < -0.39 is 16.1 Å². The molecule has 1 unspecified atom stereocenters. The summed E-state index contributed by atoms with van der Waals surface area (Å²) in [5, 5.41) is 2.86. The van der Waals surface area contributed by atoms with Crippen molar-refractivity contribution in [3.05, 3.63) is 59.7 Å². The fourth-order valence-corrected chi connectivity index (χ4v) is 4.45. The zero-order valence-electron chi connectivity index (χ0n) is 20.3. The predicted molar refractivity (Wildman–Crippen MR) is 132 cm³/mol. The van der Waals surface area contributed by atoms with Crippen LogP contribution in [0.5, 0.6) is 5.75 Å². The lowest BCUT2D eigenvalue weighted by Gasteiger charge is -2.29. The van der Waals surface area contributed by atoms with Crippen molar-refractivity contribution >= 4 is 21.8 Å². The Labute approximate surface area is 202 Å². The third-order valence-electron chi connectivity index (χ3n) is 5.42. The van der Waals surface area contributed by atoms with E-state index in [2.05, 4.69) is 10.0 Å². The second-order valence-corrected chi connectivity index (χ2v) is 9.75. The maximum Gasteiger partial charge on any atom is 0.242 e. The molecule has 0 radical (unpaired) electrons. The van der Waals surface area contributed by atoms with E-state index >= 15 is 0 Å². The highest BCUT2D eigenvalue weighted by molar-refractivity contribution is 7.89. The van der Waals surface area contributed by atoms with Crippen molar-refractivity contribution in [3.8, 4) is 5.75 Å². The van der Waals surface area contributed by atoms with Gasteiger partial charge in [0.05, 0.1) is 12.0 Å². The van der Waals surface area contributed by atoms with Gasteiger partial charge in [-0.05, 0) is 55.2 Å². The normalized spacial score (nSPS) is 12.1. The molecular weight excluding hydrogens is 454 g/mol. The highest BCUT2D eigenvalue weighted by atomic mass is 32.2. The van der Waals surface area contributed by atoms with Crippen LogP contribution >= 0.6 is 0 Å². The number of methoxy groups -OCH3 is 1. The Morgan fingerprint density at radius 3 is 2.18 bits per heavy atom. The van der Waals surface area contributed by atoms with Gasteiger partial charge in [0.25, 0.3) is 0 Å². The summed E-state index contributed by atoms with van der Waals surface area (Å²) in [5.74, 6) is 0.371. The molecule has 186 valence electrons. The third-order valence-corrected chi connectivity index (χ3v) is 6.99. The van der Waals surface area contributed by atoms with Crippen LogP contribution in [0.2, 0.25) is 0 Å². The van der Waals surface area contributed by atoms with Gasteiger partial charge in [0.15, 0.2) is 0 Å². The highest BCUT2D eigenvalue weighted by Crippen LogP contribution is 2.17. The second kappa shape index (κ2) is 13.1. The van der Waals surface area contributed by atoms with Gasteiger partial charge < -0.3 is 15.0 Å². The van der Waals surface area contributed by atoms with Crippen LogP contribution in [0.25, 0.3) is 0 Å². The van der Waals surface area contributed by atoms with Crippen LogP contribution in [0, 0.1) is 0 Å². The van der Waals surface area contributed by atoms with Crippen molar-refractivity contribution in [1.29, 1.82) is 0 Å². The number of nitrogens with one attached hydrogen (secondary N) is 2. The molecule has 2 aromatic carbocycles. The molecule has 34 heavy (non-hydrogen) atoms. The molecule has 0 heterocycles. The number of benzene rings is 2. The van der Waals surface area contributed by atoms with Gasteiger partial charge in [0, 0.05) is 26.1 Å². The van der Waals surface area contributed by atoms with Gasteiger partial charge in [0.2, 0.25) is 21.8 Å². The maximum absolute atomic E-state index is 13.2. The third kappa shape index (κ3) is 7.85. The lowest BCUT2D eigenvalue weighted by Crippen LogP contribution is -2.47. The van der Waals surface area contributed by atoms with Crippen molar-refractivity contribution in [2.75, 3.05) is 20.2 Å². The number of carbonyl (C=O) groups is 2. The highest BCUT2D eigenvalue weighted by Gasteiger charge is 2.25. The molecule has 0 saturated heterocycles. The van der Waals surface area contributed by atoms with Crippen LogP contribution in [0.1, 0.15) is 44.7 Å². The molecule has 0 bridgehead atoms. The van der Waals surface area contributed by atoms with E-state index in [0.29, 0.717) is 26.1 Å². The molecule has 2 rings (SSSR count). The predicted octanol–water partition coefficient (Wildman–Crippen LogP) is 2.87. The lowest BCUT2D eigenvalue weighted by molar-refractivity contribution is -0.140. The fraction of sp³-hybridized carbons (Fsp3) is 0.440. The summed E-state index contributed by atoms with van der Waals surface area (Å²) in [6.07, 6.45) is 1.44. The quantitative estimate of drug-likeness (QED) is 0.450. The number of nitrogens with zero attached hydrogens (tertiary/aromatic N) is 1. The minimum Gasteiger partial charge on any atom is -0.497 e. The topological polar surface area (TPSA) is 105 Å². The van der Waals surface area contributed by atoms with Gasteiger partial charge in [-0.25, -0.2) is 13.1 Å². The molecule has 2 aromatic rings. The van der Waals surface area contributed by atoms with Crippen molar-refractivity contribution < 1.29 is 22.7 Å². The molecule has 0 fully saturated rings. The van der Waals surface area contributed by atoms with Crippen molar-refractivity contribution in [2.24, 2.45) is 0 Å². The van der Waals surface area contributed by atoms with Gasteiger partial charge in [-0.3, -0.25) is 9.59 Å². The van der Waals surface area contributed by atoms with Crippen LogP contribution in [0.4, 0.5) is 0 Å². The zero-order chi connectivity index (χ0) is 25.1. The first-order valence-electron chi connectivity index (χ1n) is 11.5. The largest absolute Gasteiger partial charge is 0.497 e. The van der Waals surface area contributed by atoms with E-state index in [4.69, 9.17) is 4.74 Å². The van der Waals surface area contributed by atoms with Gasteiger partial charge in [-0.15, -0.1) is 0 Å². The summed E-state index contributed by atoms with van der Waals surface area (Å²) in [5.41, 5.74) is 1.73. The molecular formula is C25H35N3O5S. The van der Waals surface area contributed by atoms with Crippen molar-refractivity contribution in [3.63, 3.8) is 0 Å². The number of amides is 2. The van der Waals surface area contributed by atoms with Crippen molar-refractivity contribution in [1.82, 2.24) is 14.9 Å². The van der Waals surface area contributed by atoms with Gasteiger partial charge >= 0.3 is 0 Å². The fourth-order valence-electron chi connectivity index (χ4n) is 3.41. The van der Waals surface area contributed by atoms with E-state index in [1.807, 2.05) is 31.2 Å². The van der Waals surface area contributed by atoms with Crippen LogP contribution in [0.15, 0.2) is 53.4 Å². The first kappa shape index (κ1) is 27.3. The Balaban J connectivity index is 2.12. The first-order valence-corrected chi connectivity index (χ1v) is 13.0. The van der Waals surface area contributed by atoms with E-state index in [-0.39, 0.29) is 23.1 Å². The molecule has 0 saturated carbocycles. The average Bonchev–Trinajstić information content (AvgIpc) is 2.84. The molecule has 8 nitrogen and oxygen atoms in total. The zero-order valence-corrected chi connectivity index (χ0v) is 21.2. The summed E-state index contributed by atoms with van der Waals surface area (Å²) in [6.45, 7) is 6.58. The second-order valence-electron chi connectivity index (χ2n) is 7.98. The monoisotopic (exact) mass is 489 g/mol. The molecule has 0 spiro atoms. The molecule has 2 N–H and O–H groups in total. The van der Waals surface area contributed by atoms with Gasteiger partial charge in [-0.2, -0.15) is 0 Å². The number of sulfonamides is 1. The number of hydrogen-bond acceptors (Lipinski definition) is 5. The smallest absolute Gasteiger partial charge is 0.242 e. The average molecular weight is 490 g/mol. The number of hydrogen-bond donors (Lipinski definition) is 2. The number of ether oxygens (including phenoxy) is 1. The molecule has 0 aromatic heterocycles. The summed E-state index contributed by atoms with van der Waals surface area (Å²) >= 11 is 0. The molecule has 0 aliphatic heterocycles. The van der Waals surface area contributed by atoms with Crippen molar-refractivity contribution in [2.45, 2.75) is 57.5 Å².